The number of benzene rings is 2. The van der Waals surface area contributed by atoms with Gasteiger partial charge in [0.1, 0.15) is 12.4 Å². The number of ether oxygens (including phenoxy) is 1. The summed E-state index contributed by atoms with van der Waals surface area (Å²) in [6, 6.07) is 15.7. The summed E-state index contributed by atoms with van der Waals surface area (Å²) in [6.45, 7) is 4.41. The molecule has 0 N–H and O–H groups in total. The van der Waals surface area contributed by atoms with E-state index in [1.54, 1.807) is 0 Å². The molecule has 0 spiro atoms. The van der Waals surface area contributed by atoms with Crippen molar-refractivity contribution in [2.24, 2.45) is 0 Å². The molecular weight excluding hydrogens is 372 g/mol. The van der Waals surface area contributed by atoms with E-state index in [4.69, 9.17) is 16.3 Å². The van der Waals surface area contributed by atoms with E-state index in [9.17, 15) is 4.79 Å². The molecule has 2 aliphatic rings. The molecular formula is C23H27ClN2O2. The quantitative estimate of drug-likeness (QED) is 0.736. The molecule has 1 unspecified atom stereocenters. The number of rotatable bonds is 5. The van der Waals surface area contributed by atoms with Gasteiger partial charge in [-0.1, -0.05) is 35.9 Å². The van der Waals surface area contributed by atoms with E-state index in [0.29, 0.717) is 29.0 Å². The first-order valence-electron chi connectivity index (χ1n) is 10.2. The van der Waals surface area contributed by atoms with Gasteiger partial charge in [0.05, 0.1) is 5.56 Å². The van der Waals surface area contributed by atoms with Crippen LogP contribution in [0.1, 0.15) is 41.6 Å². The topological polar surface area (TPSA) is 32.8 Å². The van der Waals surface area contributed by atoms with Crippen molar-refractivity contribution in [3.63, 3.8) is 0 Å². The van der Waals surface area contributed by atoms with E-state index in [2.05, 4.69) is 4.90 Å². The van der Waals surface area contributed by atoms with Crippen LogP contribution in [0.25, 0.3) is 0 Å². The summed E-state index contributed by atoms with van der Waals surface area (Å²) in [7, 11) is 0. The molecule has 0 radical (unpaired) electrons. The first-order valence-corrected chi connectivity index (χ1v) is 10.6. The van der Waals surface area contributed by atoms with E-state index in [0.717, 1.165) is 25.1 Å². The Balaban J connectivity index is 1.44. The summed E-state index contributed by atoms with van der Waals surface area (Å²) in [6.07, 6.45) is 4.83. The summed E-state index contributed by atoms with van der Waals surface area (Å²) >= 11 is 5.95. The lowest BCUT2D eigenvalue weighted by molar-refractivity contribution is 0.0603. The van der Waals surface area contributed by atoms with Crippen LogP contribution in [-0.2, 0) is 6.61 Å². The third-order valence-corrected chi connectivity index (χ3v) is 6.02. The molecule has 2 aromatic carbocycles. The lowest BCUT2D eigenvalue weighted by atomic mass is 10.0. The summed E-state index contributed by atoms with van der Waals surface area (Å²) in [5.74, 6) is 0.723. The Bertz CT molecular complexity index is 803. The number of para-hydroxylation sites is 1. The van der Waals surface area contributed by atoms with Crippen LogP contribution in [0.3, 0.4) is 0 Å². The van der Waals surface area contributed by atoms with Crippen LogP contribution >= 0.6 is 11.6 Å². The van der Waals surface area contributed by atoms with E-state index >= 15 is 0 Å². The largest absolute Gasteiger partial charge is 0.488 e. The fraction of sp³-hybridized carbons (Fsp3) is 0.435. The van der Waals surface area contributed by atoms with Gasteiger partial charge in [0.2, 0.25) is 0 Å². The third kappa shape index (κ3) is 4.50. The lowest BCUT2D eigenvalue weighted by Crippen LogP contribution is -2.49. The van der Waals surface area contributed by atoms with Crippen molar-refractivity contribution in [3.05, 3.63) is 64.7 Å². The van der Waals surface area contributed by atoms with E-state index in [1.807, 2.05) is 53.4 Å². The third-order valence-electron chi connectivity index (χ3n) is 5.77. The Labute approximate surface area is 172 Å². The minimum absolute atomic E-state index is 0.0793. The van der Waals surface area contributed by atoms with Gasteiger partial charge in [0.15, 0.2) is 0 Å². The predicted octanol–water partition coefficient (Wildman–Crippen LogP) is 4.62. The standard InChI is InChI=1S/C23H27ClN2O2/c24-19-11-9-18(10-12-19)17-28-22-8-2-1-7-21(22)23(27)26-15-5-6-20(16-26)25-13-3-4-14-25/h1-2,7-12,20H,3-6,13-17H2. The number of carbonyl (C=O) groups excluding carboxylic acids is 1. The zero-order valence-corrected chi connectivity index (χ0v) is 16.9. The maximum absolute atomic E-state index is 13.2. The van der Waals surface area contributed by atoms with E-state index in [1.165, 1.54) is 32.4 Å². The highest BCUT2D eigenvalue weighted by atomic mass is 35.5. The van der Waals surface area contributed by atoms with Gasteiger partial charge in [-0.2, -0.15) is 0 Å². The summed E-state index contributed by atoms with van der Waals surface area (Å²) in [5.41, 5.74) is 1.68. The minimum Gasteiger partial charge on any atom is -0.488 e. The fourth-order valence-corrected chi connectivity index (χ4v) is 4.35. The number of nitrogens with zero attached hydrogens (tertiary/aromatic N) is 2. The molecule has 4 nitrogen and oxygen atoms in total. The van der Waals surface area contributed by atoms with Crippen molar-refractivity contribution in [2.75, 3.05) is 26.2 Å². The first-order chi connectivity index (χ1) is 13.7. The number of piperidine rings is 1. The molecule has 0 bridgehead atoms. The highest BCUT2D eigenvalue weighted by Gasteiger charge is 2.30. The number of hydrogen-bond acceptors (Lipinski definition) is 3. The van der Waals surface area contributed by atoms with E-state index < -0.39 is 0 Å². The zero-order valence-electron chi connectivity index (χ0n) is 16.1. The Morgan fingerprint density at radius 1 is 1.00 bits per heavy atom. The molecule has 0 saturated carbocycles. The van der Waals surface area contributed by atoms with Crippen LogP contribution < -0.4 is 4.74 Å². The second-order valence-corrected chi connectivity index (χ2v) is 8.14. The van der Waals surface area contributed by atoms with Gasteiger partial charge in [-0.3, -0.25) is 9.69 Å². The minimum atomic E-state index is 0.0793. The van der Waals surface area contributed by atoms with Crippen LogP contribution in [0, 0.1) is 0 Å². The zero-order chi connectivity index (χ0) is 19.3. The maximum atomic E-state index is 13.2. The summed E-state index contributed by atoms with van der Waals surface area (Å²) < 4.78 is 6.00. The van der Waals surface area contributed by atoms with Gasteiger partial charge in [-0.15, -0.1) is 0 Å². The van der Waals surface area contributed by atoms with Crippen molar-refractivity contribution < 1.29 is 9.53 Å². The van der Waals surface area contributed by atoms with Crippen LogP contribution in [-0.4, -0.2) is 47.9 Å². The van der Waals surface area contributed by atoms with E-state index in [-0.39, 0.29) is 5.91 Å². The molecule has 148 valence electrons. The Morgan fingerprint density at radius 2 is 1.75 bits per heavy atom. The number of amides is 1. The number of halogens is 1. The molecule has 1 atom stereocenters. The molecule has 1 amide bonds. The molecule has 2 heterocycles. The average Bonchev–Trinajstić information content (AvgIpc) is 3.28. The molecule has 28 heavy (non-hydrogen) atoms. The van der Waals surface area contributed by atoms with Gasteiger partial charge in [0.25, 0.3) is 5.91 Å². The fourth-order valence-electron chi connectivity index (χ4n) is 4.23. The molecule has 2 aliphatic heterocycles. The lowest BCUT2D eigenvalue weighted by Gasteiger charge is -2.37. The Hall–Kier alpha value is -2.04. The van der Waals surface area contributed by atoms with Crippen molar-refractivity contribution in [2.45, 2.75) is 38.3 Å². The molecule has 2 fully saturated rings. The monoisotopic (exact) mass is 398 g/mol. The molecule has 0 aliphatic carbocycles. The molecule has 4 rings (SSSR count). The van der Waals surface area contributed by atoms with Gasteiger partial charge in [-0.05, 0) is 68.6 Å². The Kier molecular flexibility index (Phi) is 6.18. The molecule has 5 heteroatoms. The highest BCUT2D eigenvalue weighted by molar-refractivity contribution is 6.30. The maximum Gasteiger partial charge on any atom is 0.257 e. The molecule has 0 aromatic heterocycles. The van der Waals surface area contributed by atoms with Crippen LogP contribution in [0.15, 0.2) is 48.5 Å². The van der Waals surface area contributed by atoms with Crippen molar-refractivity contribution >= 4 is 17.5 Å². The SMILES string of the molecule is O=C(c1ccccc1OCc1ccc(Cl)cc1)N1CCCC(N2CCCC2)C1. The van der Waals surface area contributed by atoms with Gasteiger partial charge in [0, 0.05) is 24.2 Å². The average molecular weight is 399 g/mol. The smallest absolute Gasteiger partial charge is 0.257 e. The van der Waals surface area contributed by atoms with Crippen molar-refractivity contribution in [3.8, 4) is 5.75 Å². The van der Waals surface area contributed by atoms with Crippen molar-refractivity contribution in [1.29, 1.82) is 0 Å². The normalized spacial score (nSPS) is 20.3. The molecule has 2 aromatic rings. The molecule has 2 saturated heterocycles. The first kappa shape index (κ1) is 19.3. The number of carbonyl (C=O) groups is 1. The van der Waals surface area contributed by atoms with Crippen LogP contribution in [0.5, 0.6) is 5.75 Å². The van der Waals surface area contributed by atoms with Crippen molar-refractivity contribution in [1.82, 2.24) is 9.80 Å². The van der Waals surface area contributed by atoms with Crippen LogP contribution in [0.2, 0.25) is 5.02 Å². The number of hydrogen-bond donors (Lipinski definition) is 0. The van der Waals surface area contributed by atoms with Gasteiger partial charge >= 0.3 is 0 Å². The second kappa shape index (κ2) is 8.97. The second-order valence-electron chi connectivity index (χ2n) is 7.70. The Morgan fingerprint density at radius 3 is 2.54 bits per heavy atom. The predicted molar refractivity (Wildman–Crippen MR) is 112 cm³/mol. The summed E-state index contributed by atoms with van der Waals surface area (Å²) in [5, 5.41) is 0.706. The highest BCUT2D eigenvalue weighted by Crippen LogP contribution is 2.25. The van der Waals surface area contributed by atoms with Gasteiger partial charge < -0.3 is 9.64 Å². The summed E-state index contributed by atoms with van der Waals surface area (Å²) in [4.78, 5) is 17.8. The van der Waals surface area contributed by atoms with Crippen LogP contribution in [0.4, 0.5) is 0 Å². The number of likely N-dealkylation sites (tertiary alicyclic amines) is 2. The van der Waals surface area contributed by atoms with Gasteiger partial charge in [-0.25, -0.2) is 0 Å².